The Morgan fingerprint density at radius 1 is 1.14 bits per heavy atom. The highest BCUT2D eigenvalue weighted by atomic mass is 19.1. The molecule has 0 aliphatic carbocycles. The van der Waals surface area contributed by atoms with Crippen LogP contribution in [0.1, 0.15) is 49.4 Å². The fraction of sp³-hybridized carbons (Fsp3) is 0.292. The average Bonchev–Trinajstić information content (AvgIpc) is 2.61. The molecule has 0 unspecified atom stereocenters. The van der Waals surface area contributed by atoms with E-state index < -0.39 is 0 Å². The predicted molar refractivity (Wildman–Crippen MR) is 116 cm³/mol. The first kappa shape index (κ1) is 20.6. The summed E-state index contributed by atoms with van der Waals surface area (Å²) in [7, 11) is 0. The molecule has 1 amide bonds. The number of benzene rings is 2. The second kappa shape index (κ2) is 7.69. The summed E-state index contributed by atoms with van der Waals surface area (Å²) in [4.78, 5) is 25.8. The van der Waals surface area contributed by atoms with Crippen LogP contribution in [-0.2, 0) is 9.59 Å². The highest BCUT2D eigenvalue weighted by Gasteiger charge is 2.22. The molecule has 0 saturated carbocycles. The minimum atomic E-state index is -0.353. The van der Waals surface area contributed by atoms with E-state index in [9.17, 15) is 14.0 Å². The second-order valence-corrected chi connectivity index (χ2v) is 8.61. The van der Waals surface area contributed by atoms with Gasteiger partial charge < -0.3 is 10.2 Å². The van der Waals surface area contributed by atoms with Crippen molar-refractivity contribution in [2.45, 2.75) is 41.0 Å². The van der Waals surface area contributed by atoms with Gasteiger partial charge in [-0.15, -0.1) is 0 Å². The third kappa shape index (κ3) is 4.47. The smallest absolute Gasteiger partial charge is 0.224 e. The standard InChI is InChI=1S/C24H25FN2O2/c1-15-10-19(11-16(2)23(15)26-22(29)13-24(3,4)5)27-9-8-17-12-18(25)6-7-20(17)21(27)14-28/h6-12H,13H2,1-5H3,(H,26,29). The minimum Gasteiger partial charge on any atom is -0.326 e. The van der Waals surface area contributed by atoms with Crippen LogP contribution in [0.15, 0.2) is 36.5 Å². The number of aryl methyl sites for hydroxylation is 2. The van der Waals surface area contributed by atoms with Crippen LogP contribution < -0.4 is 10.2 Å². The molecule has 0 bridgehead atoms. The van der Waals surface area contributed by atoms with Crippen molar-refractivity contribution in [3.05, 3.63) is 64.6 Å². The van der Waals surface area contributed by atoms with E-state index in [0.29, 0.717) is 23.2 Å². The van der Waals surface area contributed by atoms with E-state index in [-0.39, 0.29) is 17.1 Å². The molecule has 0 saturated heterocycles. The Hall–Kier alpha value is -3.17. The van der Waals surface area contributed by atoms with Crippen LogP contribution in [0.2, 0.25) is 0 Å². The van der Waals surface area contributed by atoms with Gasteiger partial charge in [-0.05, 0) is 72.4 Å². The Balaban J connectivity index is 1.94. The van der Waals surface area contributed by atoms with Gasteiger partial charge in [-0.2, -0.15) is 0 Å². The van der Waals surface area contributed by atoms with Crippen LogP contribution in [-0.4, -0.2) is 11.8 Å². The Kier molecular flexibility index (Phi) is 5.45. The van der Waals surface area contributed by atoms with Gasteiger partial charge in [0.05, 0.1) is 0 Å². The molecule has 29 heavy (non-hydrogen) atoms. The van der Waals surface area contributed by atoms with E-state index in [2.05, 4.69) is 5.32 Å². The second-order valence-electron chi connectivity index (χ2n) is 8.61. The summed E-state index contributed by atoms with van der Waals surface area (Å²) in [5, 5.41) is 3.01. The first-order valence-electron chi connectivity index (χ1n) is 9.52. The zero-order valence-electron chi connectivity index (χ0n) is 17.4. The van der Waals surface area contributed by atoms with E-state index in [1.54, 1.807) is 23.2 Å². The van der Waals surface area contributed by atoms with Crippen molar-refractivity contribution in [3.8, 4) is 0 Å². The van der Waals surface area contributed by atoms with Crippen LogP contribution in [0.5, 0.6) is 0 Å². The average molecular weight is 392 g/mol. The number of amides is 1. The van der Waals surface area contributed by atoms with Crippen molar-refractivity contribution < 1.29 is 14.0 Å². The summed E-state index contributed by atoms with van der Waals surface area (Å²) in [6.45, 7) is 9.91. The molecule has 1 aliphatic heterocycles. The van der Waals surface area contributed by atoms with Crippen LogP contribution in [0.3, 0.4) is 0 Å². The molecular weight excluding hydrogens is 367 g/mol. The summed E-state index contributed by atoms with van der Waals surface area (Å²) in [5.74, 6) is 1.61. The van der Waals surface area contributed by atoms with E-state index in [1.165, 1.54) is 12.1 Å². The van der Waals surface area contributed by atoms with Gasteiger partial charge >= 0.3 is 0 Å². The highest BCUT2D eigenvalue weighted by Crippen LogP contribution is 2.35. The van der Waals surface area contributed by atoms with E-state index in [0.717, 1.165) is 22.5 Å². The molecule has 150 valence electrons. The van der Waals surface area contributed by atoms with Gasteiger partial charge in [0.2, 0.25) is 5.91 Å². The third-order valence-corrected chi connectivity index (χ3v) is 4.76. The molecule has 4 nitrogen and oxygen atoms in total. The van der Waals surface area contributed by atoms with Crippen LogP contribution in [0.25, 0.3) is 11.8 Å². The summed E-state index contributed by atoms with van der Waals surface area (Å²) in [6, 6.07) is 8.14. The molecule has 0 fully saturated rings. The maximum Gasteiger partial charge on any atom is 0.224 e. The van der Waals surface area contributed by atoms with Crippen molar-refractivity contribution >= 4 is 35.0 Å². The molecule has 0 spiro atoms. The van der Waals surface area contributed by atoms with Crippen molar-refractivity contribution in [1.29, 1.82) is 0 Å². The maximum atomic E-state index is 13.5. The molecule has 5 heteroatoms. The number of nitrogens with one attached hydrogen (secondary N) is 1. The van der Waals surface area contributed by atoms with Crippen molar-refractivity contribution in [1.82, 2.24) is 0 Å². The maximum absolute atomic E-state index is 13.5. The molecule has 1 N–H and O–H groups in total. The van der Waals surface area contributed by atoms with Crippen LogP contribution in [0, 0.1) is 25.1 Å². The molecule has 3 rings (SSSR count). The number of fused-ring (bicyclic) bond motifs is 1. The molecule has 1 heterocycles. The summed E-state index contributed by atoms with van der Waals surface area (Å²) in [5.41, 5.74) is 4.84. The number of carbonyl (C=O) groups excluding carboxylic acids is 2. The van der Waals surface area contributed by atoms with Crippen LogP contribution in [0.4, 0.5) is 15.8 Å². The van der Waals surface area contributed by atoms with Gasteiger partial charge in [-0.1, -0.05) is 20.8 Å². The Morgan fingerprint density at radius 2 is 1.79 bits per heavy atom. The topological polar surface area (TPSA) is 49.4 Å². The first-order chi connectivity index (χ1) is 13.6. The predicted octanol–water partition coefficient (Wildman–Crippen LogP) is 5.48. The normalized spacial score (nSPS) is 13.2. The van der Waals surface area contributed by atoms with Gasteiger partial charge in [0.15, 0.2) is 5.94 Å². The van der Waals surface area contributed by atoms with Gasteiger partial charge in [-0.3, -0.25) is 4.79 Å². The van der Waals surface area contributed by atoms with Crippen LogP contribution >= 0.6 is 0 Å². The summed E-state index contributed by atoms with van der Waals surface area (Å²) < 4.78 is 13.5. The SMILES string of the molecule is Cc1cc(N2C=Cc3cc(F)ccc3C2=C=O)cc(C)c1NC(=O)CC(C)(C)C. The molecular formula is C24H25FN2O2. The highest BCUT2D eigenvalue weighted by molar-refractivity contribution is 6.01. The fourth-order valence-corrected chi connectivity index (χ4v) is 3.51. The number of halogens is 1. The van der Waals surface area contributed by atoms with Gasteiger partial charge in [0.25, 0.3) is 0 Å². The first-order valence-corrected chi connectivity index (χ1v) is 9.52. The molecule has 1 aliphatic rings. The number of rotatable bonds is 3. The largest absolute Gasteiger partial charge is 0.326 e. The van der Waals surface area contributed by atoms with Gasteiger partial charge in [0.1, 0.15) is 11.5 Å². The minimum absolute atomic E-state index is 0.0289. The number of nitrogens with zero attached hydrogens (tertiary/aromatic N) is 1. The molecule has 0 atom stereocenters. The lowest BCUT2D eigenvalue weighted by Crippen LogP contribution is -2.21. The lowest BCUT2D eigenvalue weighted by Gasteiger charge is -2.27. The van der Waals surface area contributed by atoms with E-state index >= 15 is 0 Å². The fourth-order valence-electron chi connectivity index (χ4n) is 3.51. The molecule has 2 aromatic rings. The lowest BCUT2D eigenvalue weighted by molar-refractivity contribution is -0.117. The van der Waals surface area contributed by atoms with Gasteiger partial charge in [-0.25, -0.2) is 9.18 Å². The number of hydrogen-bond donors (Lipinski definition) is 1. The zero-order chi connectivity index (χ0) is 21.3. The number of carbonyl (C=O) groups is 1. The zero-order valence-corrected chi connectivity index (χ0v) is 17.4. The summed E-state index contributed by atoms with van der Waals surface area (Å²) in [6.07, 6.45) is 3.92. The number of hydrogen-bond acceptors (Lipinski definition) is 3. The molecule has 0 radical (unpaired) electrons. The van der Waals surface area contributed by atoms with Crippen molar-refractivity contribution in [2.75, 3.05) is 10.2 Å². The Bertz CT molecular complexity index is 1030. The Morgan fingerprint density at radius 3 is 2.38 bits per heavy atom. The van der Waals surface area contributed by atoms with E-state index in [4.69, 9.17) is 0 Å². The third-order valence-electron chi connectivity index (χ3n) is 4.76. The van der Waals surface area contributed by atoms with E-state index in [1.807, 2.05) is 52.7 Å². The van der Waals surface area contributed by atoms with Crippen molar-refractivity contribution in [2.24, 2.45) is 5.41 Å². The van der Waals surface area contributed by atoms with Gasteiger partial charge in [0, 0.05) is 29.6 Å². The quantitative estimate of drug-likeness (QED) is 0.704. The lowest BCUT2D eigenvalue weighted by atomic mass is 9.92. The monoisotopic (exact) mass is 392 g/mol. The molecule has 2 aromatic carbocycles. The molecule has 0 aromatic heterocycles. The Labute approximate surface area is 170 Å². The summed E-state index contributed by atoms with van der Waals surface area (Å²) >= 11 is 0. The van der Waals surface area contributed by atoms with Crippen molar-refractivity contribution in [3.63, 3.8) is 0 Å². The number of anilines is 2.